The zero-order chi connectivity index (χ0) is 13.3. The molecular weight excluding hydrogens is 279 g/mol. The number of hydrogen-bond donors (Lipinski definition) is 0. The van der Waals surface area contributed by atoms with Crippen molar-refractivity contribution in [3.8, 4) is 0 Å². The summed E-state index contributed by atoms with van der Waals surface area (Å²) in [7, 11) is -3.38. The summed E-state index contributed by atoms with van der Waals surface area (Å²) in [5, 5.41) is -0.649. The fourth-order valence-corrected chi connectivity index (χ4v) is 4.45. The lowest BCUT2D eigenvalue weighted by Gasteiger charge is -2.15. The number of ether oxygens (including phenoxy) is 1. The third-order valence-corrected chi connectivity index (χ3v) is 5.83. The maximum atomic E-state index is 13.3. The molecule has 3 nitrogen and oxygen atoms in total. The lowest BCUT2D eigenvalue weighted by atomic mass is 10.2. The Kier molecular flexibility index (Phi) is 3.94. The van der Waals surface area contributed by atoms with Crippen molar-refractivity contribution >= 4 is 21.4 Å². The largest absolute Gasteiger partial charge is 0.377 e. The zero-order valence-electron chi connectivity index (χ0n) is 9.90. The fraction of sp³-hybridized carbons (Fsp3) is 0.500. The molecule has 2 unspecified atom stereocenters. The molecule has 0 amide bonds. The van der Waals surface area contributed by atoms with Crippen molar-refractivity contribution in [3.63, 3.8) is 0 Å². The van der Waals surface area contributed by atoms with Gasteiger partial charge in [-0.1, -0.05) is 23.7 Å². The fourth-order valence-electron chi connectivity index (χ4n) is 2.17. The Labute approximate surface area is 111 Å². The molecule has 0 aliphatic carbocycles. The normalized spacial score (nSPS) is 24.4. The second-order valence-corrected chi connectivity index (χ2v) is 7.02. The lowest BCUT2D eigenvalue weighted by Crippen LogP contribution is -2.29. The van der Waals surface area contributed by atoms with Crippen LogP contribution in [0.4, 0.5) is 4.39 Å². The van der Waals surface area contributed by atoms with Crippen LogP contribution < -0.4 is 0 Å². The van der Waals surface area contributed by atoms with Gasteiger partial charge < -0.3 is 4.74 Å². The smallest absolute Gasteiger partial charge is 0.159 e. The first-order valence-electron chi connectivity index (χ1n) is 5.68. The molecule has 18 heavy (non-hydrogen) atoms. The van der Waals surface area contributed by atoms with E-state index in [1.54, 1.807) is 6.92 Å². The number of benzene rings is 1. The van der Waals surface area contributed by atoms with Crippen LogP contribution in [0, 0.1) is 5.82 Å². The Morgan fingerprint density at radius 2 is 2.22 bits per heavy atom. The maximum absolute atomic E-state index is 13.3. The molecule has 0 radical (unpaired) electrons. The molecule has 100 valence electrons. The molecule has 1 aliphatic heterocycles. The summed E-state index contributed by atoms with van der Waals surface area (Å²) in [4.78, 5) is 0. The number of sulfone groups is 1. The van der Waals surface area contributed by atoms with E-state index in [2.05, 4.69) is 0 Å². The van der Waals surface area contributed by atoms with Crippen molar-refractivity contribution in [2.75, 3.05) is 6.61 Å². The molecule has 1 saturated heterocycles. The highest BCUT2D eigenvalue weighted by Gasteiger charge is 2.36. The molecule has 1 aromatic rings. The minimum atomic E-state index is -3.38. The number of rotatable bonds is 3. The van der Waals surface area contributed by atoms with Crippen LogP contribution in [0.3, 0.4) is 0 Å². The van der Waals surface area contributed by atoms with E-state index < -0.39 is 20.9 Å². The van der Waals surface area contributed by atoms with Gasteiger partial charge in [-0.25, -0.2) is 12.8 Å². The molecule has 2 rings (SSSR count). The minimum Gasteiger partial charge on any atom is -0.377 e. The van der Waals surface area contributed by atoms with Crippen LogP contribution in [0.15, 0.2) is 18.2 Å². The molecule has 0 saturated carbocycles. The van der Waals surface area contributed by atoms with Gasteiger partial charge in [0.25, 0.3) is 0 Å². The van der Waals surface area contributed by atoms with Crippen molar-refractivity contribution in [1.82, 2.24) is 0 Å². The quantitative estimate of drug-likeness (QED) is 0.860. The highest BCUT2D eigenvalue weighted by molar-refractivity contribution is 7.91. The average Bonchev–Trinajstić information content (AvgIpc) is 2.72. The zero-order valence-corrected chi connectivity index (χ0v) is 11.5. The second-order valence-electron chi connectivity index (χ2n) is 4.42. The average molecular weight is 293 g/mol. The van der Waals surface area contributed by atoms with Crippen LogP contribution in [0.25, 0.3) is 0 Å². The van der Waals surface area contributed by atoms with Crippen molar-refractivity contribution in [2.24, 2.45) is 0 Å². The first-order valence-corrected chi connectivity index (χ1v) is 7.77. The summed E-state index contributed by atoms with van der Waals surface area (Å²) in [6, 6.07) is 4.20. The van der Waals surface area contributed by atoms with E-state index in [9.17, 15) is 12.8 Å². The Bertz CT molecular complexity index is 544. The van der Waals surface area contributed by atoms with Gasteiger partial charge in [-0.3, -0.25) is 0 Å². The van der Waals surface area contributed by atoms with Gasteiger partial charge in [-0.05, 0) is 25.0 Å². The predicted molar refractivity (Wildman–Crippen MR) is 67.9 cm³/mol. The molecule has 1 heterocycles. The van der Waals surface area contributed by atoms with Crippen LogP contribution >= 0.6 is 11.6 Å². The summed E-state index contributed by atoms with van der Waals surface area (Å²) in [6.07, 6.45) is 0.165. The van der Waals surface area contributed by atoms with Gasteiger partial charge in [0, 0.05) is 6.61 Å². The Hall–Kier alpha value is -0.650. The predicted octanol–water partition coefficient (Wildman–Crippen LogP) is 2.57. The lowest BCUT2D eigenvalue weighted by molar-refractivity contribution is 0.126. The van der Waals surface area contributed by atoms with Crippen LogP contribution in [-0.2, 0) is 20.3 Å². The highest BCUT2D eigenvalue weighted by Crippen LogP contribution is 2.27. The van der Waals surface area contributed by atoms with E-state index in [1.807, 2.05) is 0 Å². The SMILES string of the molecule is CC1OCCC1S(=O)(=O)Cc1cccc(F)c1Cl. The summed E-state index contributed by atoms with van der Waals surface area (Å²) < 4.78 is 42.9. The van der Waals surface area contributed by atoms with Crippen LogP contribution in [0.2, 0.25) is 5.02 Å². The van der Waals surface area contributed by atoms with E-state index in [1.165, 1.54) is 18.2 Å². The summed E-state index contributed by atoms with van der Waals surface area (Å²) in [5.41, 5.74) is 0.302. The van der Waals surface area contributed by atoms with Crippen LogP contribution in [0.5, 0.6) is 0 Å². The van der Waals surface area contributed by atoms with E-state index in [0.29, 0.717) is 18.6 Å². The Morgan fingerprint density at radius 1 is 1.50 bits per heavy atom. The van der Waals surface area contributed by atoms with E-state index >= 15 is 0 Å². The summed E-state index contributed by atoms with van der Waals surface area (Å²) >= 11 is 5.77. The van der Waals surface area contributed by atoms with Crippen molar-refractivity contribution < 1.29 is 17.5 Å². The molecule has 0 bridgehead atoms. The van der Waals surface area contributed by atoms with Gasteiger partial charge in [-0.15, -0.1) is 0 Å². The van der Waals surface area contributed by atoms with Gasteiger partial charge in [-0.2, -0.15) is 0 Å². The van der Waals surface area contributed by atoms with E-state index in [0.717, 1.165) is 0 Å². The molecule has 0 N–H and O–H groups in total. The van der Waals surface area contributed by atoms with Gasteiger partial charge in [0.2, 0.25) is 0 Å². The number of halogens is 2. The van der Waals surface area contributed by atoms with Crippen molar-refractivity contribution in [3.05, 3.63) is 34.6 Å². The third kappa shape index (κ3) is 2.68. The molecule has 0 aromatic heterocycles. The first-order chi connectivity index (χ1) is 8.42. The second kappa shape index (κ2) is 5.15. The number of hydrogen-bond acceptors (Lipinski definition) is 3. The van der Waals surface area contributed by atoms with Crippen LogP contribution in [-0.4, -0.2) is 26.4 Å². The molecule has 1 fully saturated rings. The molecule has 2 atom stereocenters. The molecule has 0 spiro atoms. The standard InChI is InChI=1S/C12H14ClFO3S/c1-8-11(5-6-17-8)18(15,16)7-9-3-2-4-10(14)12(9)13/h2-4,8,11H,5-7H2,1H3. The van der Waals surface area contributed by atoms with Gasteiger partial charge in [0.05, 0.1) is 22.1 Å². The summed E-state index contributed by atoms with van der Waals surface area (Å²) in [5.74, 6) is -0.845. The van der Waals surface area contributed by atoms with E-state index in [-0.39, 0.29) is 16.9 Å². The van der Waals surface area contributed by atoms with E-state index in [4.69, 9.17) is 16.3 Å². The third-order valence-electron chi connectivity index (χ3n) is 3.16. The first kappa shape index (κ1) is 13.8. The topological polar surface area (TPSA) is 43.4 Å². The Balaban J connectivity index is 2.25. The molecule has 1 aromatic carbocycles. The van der Waals surface area contributed by atoms with Gasteiger partial charge in [0.15, 0.2) is 9.84 Å². The molecule has 1 aliphatic rings. The Morgan fingerprint density at radius 3 is 2.83 bits per heavy atom. The van der Waals surface area contributed by atoms with Crippen molar-refractivity contribution in [1.29, 1.82) is 0 Å². The monoisotopic (exact) mass is 292 g/mol. The van der Waals surface area contributed by atoms with Gasteiger partial charge in [0.1, 0.15) is 5.82 Å². The highest BCUT2D eigenvalue weighted by atomic mass is 35.5. The van der Waals surface area contributed by atoms with Crippen molar-refractivity contribution in [2.45, 2.75) is 30.5 Å². The summed E-state index contributed by atoms with van der Waals surface area (Å²) in [6.45, 7) is 2.18. The van der Waals surface area contributed by atoms with Gasteiger partial charge >= 0.3 is 0 Å². The minimum absolute atomic E-state index is 0.118. The maximum Gasteiger partial charge on any atom is 0.159 e. The van der Waals surface area contributed by atoms with Crippen LogP contribution in [0.1, 0.15) is 18.9 Å². The molecular formula is C12H14ClFO3S. The molecule has 6 heteroatoms.